The van der Waals surface area contributed by atoms with E-state index in [9.17, 15) is 9.59 Å². The summed E-state index contributed by atoms with van der Waals surface area (Å²) in [5.41, 5.74) is 6.51. The third kappa shape index (κ3) is 1.52. The van der Waals surface area contributed by atoms with Gasteiger partial charge < -0.3 is 16.4 Å². The highest BCUT2D eigenvalue weighted by Gasteiger charge is 2.52. The molecule has 3 rings (SSSR count). The topological polar surface area (TPSA) is 108 Å². The Hall–Kier alpha value is -2.39. The van der Waals surface area contributed by atoms with Crippen molar-refractivity contribution in [3.63, 3.8) is 0 Å². The van der Waals surface area contributed by atoms with Crippen LogP contribution in [0.15, 0.2) is 18.2 Å². The highest BCUT2D eigenvalue weighted by molar-refractivity contribution is 6.07. The average Bonchev–Trinajstić information content (AvgIpc) is 2.94. The van der Waals surface area contributed by atoms with Gasteiger partial charge in [0, 0.05) is 12.2 Å². The fraction of sp³-hybridized carbons (Fsp3) is 0.308. The number of nitrogens with zero attached hydrogens (tertiary/aromatic N) is 1. The van der Waals surface area contributed by atoms with Gasteiger partial charge in [-0.15, -0.1) is 0 Å². The Balaban J connectivity index is 2.05. The molecule has 0 radical (unpaired) electrons. The summed E-state index contributed by atoms with van der Waals surface area (Å²) < 4.78 is 0. The van der Waals surface area contributed by atoms with Crippen LogP contribution in [0.4, 0.5) is 5.69 Å². The van der Waals surface area contributed by atoms with Gasteiger partial charge >= 0.3 is 0 Å². The van der Waals surface area contributed by atoms with Gasteiger partial charge in [-0.2, -0.15) is 5.26 Å². The summed E-state index contributed by atoms with van der Waals surface area (Å²) in [7, 11) is 0. The van der Waals surface area contributed by atoms with E-state index in [2.05, 4.69) is 10.6 Å². The molecule has 2 aliphatic heterocycles. The molecule has 0 bridgehead atoms. The first-order chi connectivity index (χ1) is 9.06. The lowest BCUT2D eigenvalue weighted by Gasteiger charge is -2.19. The lowest BCUT2D eigenvalue weighted by atomic mass is 9.79. The summed E-state index contributed by atoms with van der Waals surface area (Å²) >= 11 is 0. The molecule has 96 valence electrons. The minimum atomic E-state index is -0.747. The quantitative estimate of drug-likeness (QED) is 0.635. The first kappa shape index (κ1) is 11.7. The van der Waals surface area contributed by atoms with Gasteiger partial charge in [0.15, 0.2) is 0 Å². The van der Waals surface area contributed by atoms with Crippen molar-refractivity contribution in [2.45, 2.75) is 17.9 Å². The van der Waals surface area contributed by atoms with E-state index < -0.39 is 17.4 Å². The summed E-state index contributed by atoms with van der Waals surface area (Å²) in [6.07, 6.45) is 0.354. The summed E-state index contributed by atoms with van der Waals surface area (Å²) in [5.74, 6) is -0.597. The maximum atomic E-state index is 12.2. The zero-order valence-electron chi connectivity index (χ0n) is 10.1. The predicted molar refractivity (Wildman–Crippen MR) is 67.1 cm³/mol. The minimum absolute atomic E-state index is 0.145. The Labute approximate surface area is 109 Å². The third-order valence-corrected chi connectivity index (χ3v) is 3.89. The SMILES string of the molecule is N#Cc1ccc2c(c1)NC(=O)[C@@]21CN[C@H](C(N)=O)C1. The number of nitriles is 1. The number of hydrogen-bond acceptors (Lipinski definition) is 4. The molecule has 6 nitrogen and oxygen atoms in total. The Morgan fingerprint density at radius 3 is 2.95 bits per heavy atom. The molecule has 2 heterocycles. The van der Waals surface area contributed by atoms with E-state index in [0.29, 0.717) is 24.2 Å². The van der Waals surface area contributed by atoms with Gasteiger partial charge in [-0.3, -0.25) is 9.59 Å². The maximum absolute atomic E-state index is 12.2. The first-order valence-electron chi connectivity index (χ1n) is 5.95. The molecule has 1 aromatic carbocycles. The zero-order chi connectivity index (χ0) is 13.6. The largest absolute Gasteiger partial charge is 0.368 e. The third-order valence-electron chi connectivity index (χ3n) is 3.89. The second-order valence-electron chi connectivity index (χ2n) is 4.95. The Morgan fingerprint density at radius 1 is 1.53 bits per heavy atom. The van der Waals surface area contributed by atoms with Gasteiger partial charge in [0.1, 0.15) is 0 Å². The molecule has 1 spiro atoms. The van der Waals surface area contributed by atoms with E-state index in [0.717, 1.165) is 5.56 Å². The molecule has 1 fully saturated rings. The Morgan fingerprint density at radius 2 is 2.32 bits per heavy atom. The number of carbonyl (C=O) groups is 2. The molecule has 1 saturated heterocycles. The standard InChI is InChI=1S/C13H12N4O2/c14-5-7-1-2-8-9(3-7)17-12(19)13(8)4-10(11(15)18)16-6-13/h1-3,10,16H,4,6H2,(H2,15,18)(H,17,19)/t10-,13-/m0/s1. The van der Waals surface area contributed by atoms with Crippen molar-refractivity contribution in [2.75, 3.05) is 11.9 Å². The van der Waals surface area contributed by atoms with Crippen LogP contribution in [-0.4, -0.2) is 24.4 Å². The van der Waals surface area contributed by atoms with Crippen molar-refractivity contribution in [1.29, 1.82) is 5.26 Å². The number of nitrogens with one attached hydrogen (secondary N) is 2. The van der Waals surface area contributed by atoms with E-state index >= 15 is 0 Å². The number of fused-ring (bicyclic) bond motifs is 2. The molecule has 2 amide bonds. The van der Waals surface area contributed by atoms with Gasteiger partial charge in [-0.25, -0.2) is 0 Å². The normalized spacial score (nSPS) is 27.9. The van der Waals surface area contributed by atoms with Crippen molar-refractivity contribution in [3.05, 3.63) is 29.3 Å². The second kappa shape index (κ2) is 3.80. The van der Waals surface area contributed by atoms with Crippen molar-refractivity contribution < 1.29 is 9.59 Å². The van der Waals surface area contributed by atoms with Crippen molar-refractivity contribution in [3.8, 4) is 6.07 Å². The molecular formula is C13H12N4O2. The van der Waals surface area contributed by atoms with E-state index in [1.165, 1.54) is 0 Å². The number of anilines is 1. The molecule has 1 aromatic rings. The van der Waals surface area contributed by atoms with Crippen molar-refractivity contribution in [1.82, 2.24) is 5.32 Å². The van der Waals surface area contributed by atoms with Crippen LogP contribution in [-0.2, 0) is 15.0 Å². The predicted octanol–water partition coefficient (Wildman–Crippen LogP) is -0.405. The van der Waals surface area contributed by atoms with Gasteiger partial charge in [-0.1, -0.05) is 6.07 Å². The molecule has 19 heavy (non-hydrogen) atoms. The van der Waals surface area contributed by atoms with Crippen molar-refractivity contribution >= 4 is 17.5 Å². The molecule has 0 saturated carbocycles. The van der Waals surface area contributed by atoms with Crippen LogP contribution in [0, 0.1) is 11.3 Å². The lowest BCUT2D eigenvalue weighted by molar-refractivity contribution is -0.120. The van der Waals surface area contributed by atoms with Crippen LogP contribution in [0.2, 0.25) is 0 Å². The minimum Gasteiger partial charge on any atom is -0.368 e. The van der Waals surface area contributed by atoms with Gasteiger partial charge in [0.05, 0.1) is 23.1 Å². The second-order valence-corrected chi connectivity index (χ2v) is 4.95. The lowest BCUT2D eigenvalue weighted by Crippen LogP contribution is -2.36. The van der Waals surface area contributed by atoms with Gasteiger partial charge in [-0.05, 0) is 24.1 Å². The van der Waals surface area contributed by atoms with E-state index in [-0.39, 0.29) is 5.91 Å². The van der Waals surface area contributed by atoms with Gasteiger partial charge in [0.2, 0.25) is 11.8 Å². The molecular weight excluding hydrogens is 244 g/mol. The van der Waals surface area contributed by atoms with Crippen LogP contribution < -0.4 is 16.4 Å². The monoisotopic (exact) mass is 256 g/mol. The number of carbonyl (C=O) groups excluding carboxylic acids is 2. The fourth-order valence-electron chi connectivity index (χ4n) is 2.87. The highest BCUT2D eigenvalue weighted by Crippen LogP contribution is 2.43. The van der Waals surface area contributed by atoms with E-state index in [1.807, 2.05) is 6.07 Å². The van der Waals surface area contributed by atoms with Crippen LogP contribution in [0.3, 0.4) is 0 Å². The number of primary amides is 1. The summed E-state index contributed by atoms with van der Waals surface area (Å²) in [4.78, 5) is 23.5. The summed E-state index contributed by atoms with van der Waals surface area (Å²) in [6, 6.07) is 6.65. The molecule has 2 atom stereocenters. The van der Waals surface area contributed by atoms with E-state index in [1.54, 1.807) is 18.2 Å². The number of rotatable bonds is 1. The Kier molecular flexibility index (Phi) is 2.34. The van der Waals surface area contributed by atoms with Gasteiger partial charge in [0.25, 0.3) is 0 Å². The number of amides is 2. The summed E-state index contributed by atoms with van der Waals surface area (Å²) in [5, 5.41) is 14.6. The molecule has 4 N–H and O–H groups in total. The maximum Gasteiger partial charge on any atom is 0.236 e. The summed E-state index contributed by atoms with van der Waals surface area (Å²) in [6.45, 7) is 0.380. The molecule has 2 aliphatic rings. The van der Waals surface area contributed by atoms with Crippen LogP contribution in [0.25, 0.3) is 0 Å². The van der Waals surface area contributed by atoms with Crippen molar-refractivity contribution in [2.24, 2.45) is 5.73 Å². The number of benzene rings is 1. The smallest absolute Gasteiger partial charge is 0.236 e. The van der Waals surface area contributed by atoms with Crippen LogP contribution in [0.1, 0.15) is 17.5 Å². The average molecular weight is 256 g/mol. The highest BCUT2D eigenvalue weighted by atomic mass is 16.2. The fourth-order valence-corrected chi connectivity index (χ4v) is 2.87. The number of hydrogen-bond donors (Lipinski definition) is 3. The zero-order valence-corrected chi connectivity index (χ0v) is 10.1. The molecule has 0 aliphatic carbocycles. The Bertz CT molecular complexity index is 634. The molecule has 0 aromatic heterocycles. The first-order valence-corrected chi connectivity index (χ1v) is 5.95. The van der Waals surface area contributed by atoms with Crippen LogP contribution >= 0.6 is 0 Å². The van der Waals surface area contributed by atoms with Crippen LogP contribution in [0.5, 0.6) is 0 Å². The number of nitrogens with two attached hydrogens (primary N) is 1. The molecule has 6 heteroatoms. The van der Waals surface area contributed by atoms with E-state index in [4.69, 9.17) is 11.0 Å². The molecule has 0 unspecified atom stereocenters.